The van der Waals surface area contributed by atoms with Crippen molar-refractivity contribution in [2.24, 2.45) is 0 Å². The summed E-state index contributed by atoms with van der Waals surface area (Å²) >= 11 is 1.31. The summed E-state index contributed by atoms with van der Waals surface area (Å²) in [4.78, 5) is 37.2. The second kappa shape index (κ2) is 12.5. The number of carbonyl (C=O) groups excluding carboxylic acids is 2. The third-order valence-electron chi connectivity index (χ3n) is 5.10. The number of methoxy groups -OCH3 is 1. The van der Waals surface area contributed by atoms with Crippen LogP contribution in [0.1, 0.15) is 39.2 Å². The summed E-state index contributed by atoms with van der Waals surface area (Å²) in [5.41, 5.74) is 0.593. The minimum Gasteiger partial charge on any atom is -0.463 e. The molecule has 34 heavy (non-hydrogen) atoms. The number of dihydropyridines is 1. The van der Waals surface area contributed by atoms with E-state index in [4.69, 9.17) is 18.9 Å². The molecule has 11 heteroatoms. The van der Waals surface area contributed by atoms with Crippen molar-refractivity contribution < 1.29 is 33.5 Å². The van der Waals surface area contributed by atoms with Crippen molar-refractivity contribution >= 4 is 29.4 Å². The molecule has 0 saturated carbocycles. The Morgan fingerprint density at radius 2 is 1.79 bits per heavy atom. The summed E-state index contributed by atoms with van der Waals surface area (Å²) in [5.74, 6) is -2.30. The Bertz CT molecular complexity index is 991. The lowest BCUT2D eigenvalue weighted by Crippen LogP contribution is -2.38. The topological polar surface area (TPSA) is 126 Å². The van der Waals surface area contributed by atoms with Crippen molar-refractivity contribution in [3.63, 3.8) is 0 Å². The van der Waals surface area contributed by atoms with E-state index in [2.05, 4.69) is 5.32 Å². The highest BCUT2D eigenvalue weighted by atomic mass is 32.2. The van der Waals surface area contributed by atoms with E-state index < -0.39 is 34.5 Å². The molecular weight excluding hydrogens is 464 g/mol. The van der Waals surface area contributed by atoms with Gasteiger partial charge in [0.25, 0.3) is 5.69 Å². The predicted octanol–water partition coefficient (Wildman–Crippen LogP) is 3.63. The van der Waals surface area contributed by atoms with Crippen LogP contribution >= 0.6 is 11.8 Å². The summed E-state index contributed by atoms with van der Waals surface area (Å²) in [6, 6.07) is 5.81. The maximum atomic E-state index is 13.3. The minimum absolute atomic E-state index is 0.0912. The molecule has 0 aromatic heterocycles. The number of nitro benzene ring substituents is 1. The second-order valence-corrected chi connectivity index (χ2v) is 8.12. The molecule has 10 nitrogen and oxygen atoms in total. The highest BCUT2D eigenvalue weighted by molar-refractivity contribution is 7.99. The molecule has 0 fully saturated rings. The van der Waals surface area contributed by atoms with Crippen LogP contribution in [0, 0.1) is 10.1 Å². The van der Waals surface area contributed by atoms with E-state index in [1.165, 1.54) is 37.1 Å². The molecule has 3 atom stereocenters. The Balaban J connectivity index is 2.83. The zero-order valence-electron chi connectivity index (χ0n) is 20.1. The number of benzene rings is 1. The molecule has 2 rings (SSSR count). The molecule has 0 bridgehead atoms. The van der Waals surface area contributed by atoms with Gasteiger partial charge < -0.3 is 24.3 Å². The van der Waals surface area contributed by atoms with Crippen LogP contribution in [0.25, 0.3) is 0 Å². The first-order chi connectivity index (χ1) is 16.2. The van der Waals surface area contributed by atoms with E-state index in [1.807, 2.05) is 0 Å². The van der Waals surface area contributed by atoms with E-state index in [-0.39, 0.29) is 30.0 Å². The molecule has 0 radical (unpaired) electrons. The normalized spacial score (nSPS) is 17.6. The predicted molar refractivity (Wildman–Crippen MR) is 127 cm³/mol. The highest BCUT2D eigenvalue weighted by Gasteiger charge is 2.41. The van der Waals surface area contributed by atoms with Crippen molar-refractivity contribution in [3.05, 3.63) is 62.5 Å². The van der Waals surface area contributed by atoms with Gasteiger partial charge in [0.1, 0.15) is 5.44 Å². The lowest BCUT2D eigenvalue weighted by molar-refractivity contribution is -0.384. The summed E-state index contributed by atoms with van der Waals surface area (Å²) < 4.78 is 21.8. The number of esters is 2. The number of allylic oxidation sites excluding steroid dienone is 1. The fraction of sp³-hybridized carbons (Fsp3) is 0.478. The Kier molecular flexibility index (Phi) is 10.1. The molecule has 0 amide bonds. The number of thioether (sulfide) groups is 1. The van der Waals surface area contributed by atoms with Crippen molar-refractivity contribution in [1.29, 1.82) is 0 Å². The number of non-ortho nitro benzene ring substituents is 1. The zero-order valence-corrected chi connectivity index (χ0v) is 20.9. The number of hydrogen-bond acceptors (Lipinski definition) is 10. The Morgan fingerprint density at radius 3 is 2.32 bits per heavy atom. The van der Waals surface area contributed by atoms with Crippen LogP contribution in [0.5, 0.6) is 0 Å². The third-order valence-corrected chi connectivity index (χ3v) is 5.87. The molecular formula is C23H30N2O8S. The minimum atomic E-state index is -0.981. The van der Waals surface area contributed by atoms with Gasteiger partial charge in [0.15, 0.2) is 6.29 Å². The highest BCUT2D eigenvalue weighted by Crippen LogP contribution is 2.42. The van der Waals surface area contributed by atoms with Gasteiger partial charge in [-0.3, -0.25) is 10.1 Å². The van der Waals surface area contributed by atoms with Gasteiger partial charge in [0, 0.05) is 24.9 Å². The van der Waals surface area contributed by atoms with Crippen molar-refractivity contribution in [3.8, 4) is 0 Å². The maximum absolute atomic E-state index is 13.3. The lowest BCUT2D eigenvalue weighted by Gasteiger charge is -2.34. The maximum Gasteiger partial charge on any atom is 0.336 e. The van der Waals surface area contributed by atoms with Crippen LogP contribution < -0.4 is 5.32 Å². The van der Waals surface area contributed by atoms with E-state index in [0.717, 1.165) is 0 Å². The Labute approximate surface area is 202 Å². The zero-order chi connectivity index (χ0) is 25.4. The standard InChI is InChI=1S/C23H30N2O8S/c1-7-31-21(26)17-13(3)24-20(23(34-6)33-14(4)30-5)19(22(27)32-8-2)18(17)15-10-9-11-16(12-15)25(28)29/h9-12,14,18,23-24H,7-8H2,1-6H3. The van der Waals surface area contributed by atoms with Gasteiger partial charge in [0.2, 0.25) is 0 Å². The van der Waals surface area contributed by atoms with Gasteiger partial charge in [0.05, 0.1) is 40.9 Å². The summed E-state index contributed by atoms with van der Waals surface area (Å²) in [5, 5.41) is 14.6. The van der Waals surface area contributed by atoms with Crippen LogP contribution in [-0.2, 0) is 28.5 Å². The SMILES string of the molecule is CCOC(=O)C1=C(C)NC(C(OC(C)OC)SC)=C(C(=O)OCC)C1c1cccc([N+](=O)[O-])c1. The summed E-state index contributed by atoms with van der Waals surface area (Å²) in [6.07, 6.45) is 1.20. The molecule has 186 valence electrons. The molecule has 1 N–H and O–H groups in total. The van der Waals surface area contributed by atoms with Crippen LogP contribution in [0.15, 0.2) is 46.8 Å². The van der Waals surface area contributed by atoms with Crippen LogP contribution in [0.4, 0.5) is 5.69 Å². The molecule has 1 aliphatic rings. The van der Waals surface area contributed by atoms with Crippen LogP contribution in [0.2, 0.25) is 0 Å². The first kappa shape index (κ1) is 27.4. The molecule has 0 aliphatic carbocycles. The fourth-order valence-corrected chi connectivity index (χ4v) is 4.27. The van der Waals surface area contributed by atoms with E-state index in [9.17, 15) is 19.7 Å². The van der Waals surface area contributed by atoms with Gasteiger partial charge in [-0.2, -0.15) is 0 Å². The number of nitrogens with one attached hydrogen (secondary N) is 1. The second-order valence-electron chi connectivity index (χ2n) is 7.22. The van der Waals surface area contributed by atoms with Gasteiger partial charge in [-0.1, -0.05) is 12.1 Å². The van der Waals surface area contributed by atoms with Gasteiger partial charge in [-0.25, -0.2) is 9.59 Å². The van der Waals surface area contributed by atoms with Crippen molar-refractivity contribution in [1.82, 2.24) is 5.32 Å². The molecule has 1 aromatic rings. The third kappa shape index (κ3) is 6.16. The van der Waals surface area contributed by atoms with Gasteiger partial charge in [-0.05, 0) is 39.5 Å². The average molecular weight is 495 g/mol. The molecule has 1 heterocycles. The molecule has 1 aromatic carbocycles. The van der Waals surface area contributed by atoms with E-state index in [1.54, 1.807) is 40.0 Å². The summed E-state index contributed by atoms with van der Waals surface area (Å²) in [7, 11) is 1.49. The number of nitrogens with zero attached hydrogens (tertiary/aromatic N) is 1. The largest absolute Gasteiger partial charge is 0.463 e. The fourth-order valence-electron chi connectivity index (χ4n) is 3.58. The number of ether oxygens (including phenoxy) is 4. The van der Waals surface area contributed by atoms with Gasteiger partial charge >= 0.3 is 11.9 Å². The Hall–Kier alpha value is -2.89. The monoisotopic (exact) mass is 494 g/mol. The molecule has 0 saturated heterocycles. The number of carbonyl (C=O) groups is 2. The van der Waals surface area contributed by atoms with Crippen LogP contribution in [0.3, 0.4) is 0 Å². The quantitative estimate of drug-likeness (QED) is 0.211. The number of nitro groups is 1. The molecule has 0 spiro atoms. The average Bonchev–Trinajstić information content (AvgIpc) is 2.81. The van der Waals surface area contributed by atoms with Gasteiger partial charge in [-0.15, -0.1) is 11.8 Å². The summed E-state index contributed by atoms with van der Waals surface area (Å²) in [6.45, 7) is 6.93. The lowest BCUT2D eigenvalue weighted by atomic mass is 9.80. The number of hydrogen-bond donors (Lipinski definition) is 1. The van der Waals surface area contributed by atoms with E-state index >= 15 is 0 Å². The van der Waals surface area contributed by atoms with Crippen molar-refractivity contribution in [2.45, 2.75) is 45.3 Å². The molecule has 3 unspecified atom stereocenters. The van der Waals surface area contributed by atoms with Crippen molar-refractivity contribution in [2.75, 3.05) is 26.6 Å². The number of rotatable bonds is 11. The van der Waals surface area contributed by atoms with E-state index in [0.29, 0.717) is 17.0 Å². The first-order valence-electron chi connectivity index (χ1n) is 10.7. The molecule has 1 aliphatic heterocycles. The van der Waals surface area contributed by atoms with Crippen LogP contribution in [-0.4, -0.2) is 55.2 Å². The smallest absolute Gasteiger partial charge is 0.336 e. The first-order valence-corrected chi connectivity index (χ1v) is 12.0. The Morgan fingerprint density at radius 1 is 1.18 bits per heavy atom.